The van der Waals surface area contributed by atoms with Crippen LogP contribution in [-0.4, -0.2) is 0 Å². The van der Waals surface area contributed by atoms with Crippen molar-refractivity contribution in [2.24, 2.45) is 5.11 Å². The molecule has 3 heteroatoms. The van der Waals surface area contributed by atoms with Gasteiger partial charge in [0.2, 0.25) is 0 Å². The van der Waals surface area contributed by atoms with Gasteiger partial charge in [-0.15, -0.1) is 0 Å². The third-order valence-corrected chi connectivity index (χ3v) is 0.0913. The zero-order valence-electron chi connectivity index (χ0n) is 2.55. The van der Waals surface area contributed by atoms with E-state index in [4.69, 9.17) is 5.53 Å². The van der Waals surface area contributed by atoms with Crippen LogP contribution in [-0.2, 0) is 16.5 Å². The van der Waals surface area contributed by atoms with Gasteiger partial charge in [-0.3, -0.25) is 0 Å². The van der Waals surface area contributed by atoms with Crippen LogP contribution in [0.15, 0.2) is 17.9 Å². The molecule has 0 aromatic carbocycles. The molecule has 0 fully saturated rings. The third-order valence-electron chi connectivity index (χ3n) is 0.0913. The predicted octanol–water partition coefficient (Wildman–Crippen LogP) is 1.16. The molecule has 0 heterocycles. The van der Waals surface area contributed by atoms with Crippen LogP contribution < -0.4 is 0 Å². The Labute approximate surface area is 40.7 Å². The summed E-state index contributed by atoms with van der Waals surface area (Å²) in [4.78, 5) is 0. The molecule has 1 N–H and O–H groups in total. The minimum Gasteiger partial charge on any atom is -0.205 e. The van der Waals surface area contributed by atoms with E-state index in [0.29, 0.717) is 0 Å². The first kappa shape index (κ1) is 8.85. The van der Waals surface area contributed by atoms with Crippen LogP contribution in [0.2, 0.25) is 0 Å². The molecule has 0 aromatic heterocycles. The van der Waals surface area contributed by atoms with Crippen molar-refractivity contribution in [2.45, 2.75) is 0 Å². The van der Waals surface area contributed by atoms with Crippen molar-refractivity contribution in [3.8, 4) is 0 Å². The molecule has 0 unspecified atom stereocenters. The summed E-state index contributed by atoms with van der Waals surface area (Å²) in [5, 5.41) is 2.75. The number of hydrogen-bond acceptors (Lipinski definition) is 2. The largest absolute Gasteiger partial charge is 0.205 e. The van der Waals surface area contributed by atoms with Crippen molar-refractivity contribution >= 4 is 0 Å². The van der Waals surface area contributed by atoms with E-state index in [1.807, 2.05) is 0 Å². The second-order valence-corrected chi connectivity index (χ2v) is 0.312. The second kappa shape index (κ2) is 9.16. The van der Waals surface area contributed by atoms with Crippen molar-refractivity contribution in [3.05, 3.63) is 12.8 Å². The SMILES string of the molecule is C=CN=N.[Ni]. The Bertz CT molecular complexity index is 28.6. The topological polar surface area (TPSA) is 36.2 Å². The maximum Gasteiger partial charge on any atom is 0.0416 e. The smallest absolute Gasteiger partial charge is 0.0416 e. The fourth-order valence-corrected chi connectivity index (χ4v) is 0. The summed E-state index contributed by atoms with van der Waals surface area (Å²) < 4.78 is 0. The maximum atomic E-state index is 5.96. The number of nitrogens with one attached hydrogen (secondary N) is 1. The van der Waals surface area contributed by atoms with Gasteiger partial charge in [-0.1, -0.05) is 6.58 Å². The van der Waals surface area contributed by atoms with Crippen LogP contribution in [0.25, 0.3) is 0 Å². The first-order valence-electron chi connectivity index (χ1n) is 0.890. The van der Waals surface area contributed by atoms with E-state index in [9.17, 15) is 0 Å². The van der Waals surface area contributed by atoms with E-state index in [-0.39, 0.29) is 16.5 Å². The Hall–Kier alpha value is -0.166. The van der Waals surface area contributed by atoms with Crippen molar-refractivity contribution in [1.29, 1.82) is 5.53 Å². The van der Waals surface area contributed by atoms with Gasteiger partial charge in [0.1, 0.15) is 0 Å². The van der Waals surface area contributed by atoms with Crippen molar-refractivity contribution < 1.29 is 16.5 Å². The van der Waals surface area contributed by atoms with Gasteiger partial charge in [0.05, 0.1) is 0 Å². The summed E-state index contributed by atoms with van der Waals surface area (Å²) in [6.07, 6.45) is 1.17. The maximum absolute atomic E-state index is 5.96. The Kier molecular flexibility index (Phi) is 16.2. The van der Waals surface area contributed by atoms with Gasteiger partial charge in [-0.2, -0.15) is 5.11 Å². The third kappa shape index (κ3) is 18.5. The molecule has 5 heavy (non-hydrogen) atoms. The minimum atomic E-state index is 0. The molecule has 0 rings (SSSR count). The number of nitrogens with zero attached hydrogens (tertiary/aromatic N) is 1. The predicted molar refractivity (Wildman–Crippen MR) is 15.3 cm³/mol. The Morgan fingerprint density at radius 1 is 1.80 bits per heavy atom. The molecular weight excluding hydrogens is 111 g/mol. The molecule has 0 saturated heterocycles. The average molecular weight is 115 g/mol. The molecular formula is C2H4N2Ni. The quantitative estimate of drug-likeness (QED) is 0.393. The van der Waals surface area contributed by atoms with E-state index in [2.05, 4.69) is 11.7 Å². The summed E-state index contributed by atoms with van der Waals surface area (Å²) in [6.45, 7) is 3.12. The minimum absolute atomic E-state index is 0. The molecule has 32 valence electrons. The standard InChI is InChI=1S/C2H4N2.Ni/c1-2-4-3;/h2-3H,1H2;. The Balaban J connectivity index is 0. The van der Waals surface area contributed by atoms with E-state index in [1.165, 1.54) is 6.20 Å². The fraction of sp³-hybridized carbons (Fsp3) is 0. The summed E-state index contributed by atoms with van der Waals surface area (Å²) in [5.41, 5.74) is 5.96. The summed E-state index contributed by atoms with van der Waals surface area (Å²) in [7, 11) is 0. The van der Waals surface area contributed by atoms with Gasteiger partial charge < -0.3 is 0 Å². The van der Waals surface area contributed by atoms with Gasteiger partial charge in [0.15, 0.2) is 0 Å². The molecule has 0 saturated carbocycles. The van der Waals surface area contributed by atoms with E-state index in [0.717, 1.165) is 0 Å². The Morgan fingerprint density at radius 3 is 2.00 bits per heavy atom. The van der Waals surface area contributed by atoms with Crippen molar-refractivity contribution in [2.75, 3.05) is 0 Å². The van der Waals surface area contributed by atoms with Gasteiger partial charge in [0, 0.05) is 22.7 Å². The first-order valence-corrected chi connectivity index (χ1v) is 0.890. The van der Waals surface area contributed by atoms with Crippen LogP contribution in [0.4, 0.5) is 0 Å². The molecule has 0 radical (unpaired) electrons. The van der Waals surface area contributed by atoms with Gasteiger partial charge in [0.25, 0.3) is 0 Å². The molecule has 0 amide bonds. The molecule has 0 spiro atoms. The zero-order valence-corrected chi connectivity index (χ0v) is 3.54. The van der Waals surface area contributed by atoms with Crippen molar-refractivity contribution in [1.82, 2.24) is 0 Å². The van der Waals surface area contributed by atoms with E-state index in [1.54, 1.807) is 0 Å². The second-order valence-electron chi connectivity index (χ2n) is 0.312. The molecule has 0 aromatic rings. The van der Waals surface area contributed by atoms with E-state index < -0.39 is 0 Å². The molecule has 0 atom stereocenters. The molecule has 2 nitrogen and oxygen atoms in total. The summed E-state index contributed by atoms with van der Waals surface area (Å²) >= 11 is 0. The Morgan fingerprint density at radius 2 is 2.00 bits per heavy atom. The number of hydrogen-bond donors (Lipinski definition) is 1. The molecule has 0 aliphatic heterocycles. The first-order chi connectivity index (χ1) is 1.91. The van der Waals surface area contributed by atoms with Crippen LogP contribution in [0, 0.1) is 5.53 Å². The number of rotatable bonds is 1. The summed E-state index contributed by atoms with van der Waals surface area (Å²) in [5.74, 6) is 0. The normalized spacial score (nSPS) is 4.00. The zero-order chi connectivity index (χ0) is 3.41. The van der Waals surface area contributed by atoms with Gasteiger partial charge in [-0.25, -0.2) is 5.53 Å². The van der Waals surface area contributed by atoms with Crippen LogP contribution in [0.3, 0.4) is 0 Å². The molecule has 0 aliphatic carbocycles. The van der Waals surface area contributed by atoms with Crippen LogP contribution in [0.5, 0.6) is 0 Å². The molecule has 0 bridgehead atoms. The van der Waals surface area contributed by atoms with Gasteiger partial charge in [-0.05, 0) is 0 Å². The summed E-state index contributed by atoms with van der Waals surface area (Å²) in [6, 6.07) is 0. The van der Waals surface area contributed by atoms with Crippen LogP contribution in [0.1, 0.15) is 0 Å². The average Bonchev–Trinajstić information content (AvgIpc) is 1.37. The molecule has 0 aliphatic rings. The monoisotopic (exact) mass is 114 g/mol. The van der Waals surface area contributed by atoms with Crippen molar-refractivity contribution in [3.63, 3.8) is 0 Å². The fourth-order valence-electron chi connectivity index (χ4n) is 0. The van der Waals surface area contributed by atoms with E-state index >= 15 is 0 Å². The van der Waals surface area contributed by atoms with Gasteiger partial charge >= 0.3 is 0 Å². The van der Waals surface area contributed by atoms with Crippen LogP contribution >= 0.6 is 0 Å².